The fourth-order valence-corrected chi connectivity index (χ4v) is 5.11. The summed E-state index contributed by atoms with van der Waals surface area (Å²) in [5.74, 6) is 1.04. The Morgan fingerprint density at radius 2 is 2.03 bits per heavy atom. The van der Waals surface area contributed by atoms with Gasteiger partial charge in [0, 0.05) is 37.2 Å². The molecular weight excluding hydrogens is 437 g/mol. The van der Waals surface area contributed by atoms with Gasteiger partial charge in [-0.3, -0.25) is 4.90 Å². The predicted molar refractivity (Wildman–Crippen MR) is 126 cm³/mol. The molecule has 6 heterocycles. The molecule has 0 aliphatic carbocycles. The molecule has 0 amide bonds. The van der Waals surface area contributed by atoms with Crippen LogP contribution < -0.4 is 11.1 Å². The molecule has 2 aliphatic rings. The number of aromatic nitrogens is 6. The molecule has 0 radical (unpaired) electrons. The van der Waals surface area contributed by atoms with Crippen LogP contribution in [0.15, 0.2) is 36.8 Å². The van der Waals surface area contributed by atoms with E-state index >= 15 is 4.39 Å². The maximum Gasteiger partial charge on any atom is 0.243 e. The second kappa shape index (κ2) is 7.88. The topological polar surface area (TPSA) is 111 Å². The van der Waals surface area contributed by atoms with Crippen LogP contribution >= 0.6 is 0 Å². The van der Waals surface area contributed by atoms with Crippen molar-refractivity contribution in [1.29, 1.82) is 0 Å². The van der Waals surface area contributed by atoms with Gasteiger partial charge in [0.05, 0.1) is 30.5 Å². The van der Waals surface area contributed by atoms with Crippen molar-refractivity contribution in [2.75, 3.05) is 37.4 Å². The van der Waals surface area contributed by atoms with E-state index < -0.39 is 6.17 Å². The number of likely N-dealkylation sites (tertiary alicyclic amines) is 1. The monoisotopic (exact) mass is 465 g/mol. The van der Waals surface area contributed by atoms with Crippen molar-refractivity contribution in [3.05, 3.63) is 36.8 Å². The number of rotatable bonds is 5. The van der Waals surface area contributed by atoms with E-state index in [2.05, 4.69) is 44.2 Å². The molecule has 3 N–H and O–H groups in total. The largest absolute Gasteiger partial charge is 0.382 e. The highest BCUT2D eigenvalue weighted by atomic mass is 19.1. The Labute approximate surface area is 195 Å². The first-order valence-corrected chi connectivity index (χ1v) is 11.6. The Morgan fingerprint density at radius 3 is 2.76 bits per heavy atom. The Hall–Kier alpha value is -3.31. The molecule has 178 valence electrons. The second-order valence-electron chi connectivity index (χ2n) is 9.54. The van der Waals surface area contributed by atoms with Crippen LogP contribution in [-0.2, 0) is 4.74 Å². The molecular formula is C23H28FN9O. The highest BCUT2D eigenvalue weighted by Gasteiger charge is 2.49. The van der Waals surface area contributed by atoms with Gasteiger partial charge in [0.25, 0.3) is 0 Å². The number of nitrogens with zero attached hydrogens (tertiary/aromatic N) is 7. The van der Waals surface area contributed by atoms with Crippen LogP contribution in [0.4, 0.5) is 16.2 Å². The number of nitrogen functional groups attached to an aromatic ring is 1. The Morgan fingerprint density at radius 1 is 1.18 bits per heavy atom. The average molecular weight is 466 g/mol. The van der Waals surface area contributed by atoms with E-state index in [1.54, 1.807) is 21.4 Å². The molecule has 0 spiro atoms. The third kappa shape index (κ3) is 3.30. The van der Waals surface area contributed by atoms with Crippen molar-refractivity contribution in [2.24, 2.45) is 5.92 Å². The minimum Gasteiger partial charge on any atom is -0.382 e. The Kier molecular flexibility index (Phi) is 4.92. The molecule has 2 atom stereocenters. The van der Waals surface area contributed by atoms with Gasteiger partial charge in [0.1, 0.15) is 11.7 Å². The molecule has 4 aromatic heterocycles. The molecule has 11 heteroatoms. The van der Waals surface area contributed by atoms with Crippen LogP contribution in [0.1, 0.15) is 20.3 Å². The van der Waals surface area contributed by atoms with E-state index in [-0.39, 0.29) is 11.6 Å². The molecule has 10 nitrogen and oxygen atoms in total. The number of imidazole rings is 1. The fraction of sp³-hybridized carbons (Fsp3) is 0.478. The number of ether oxygens (including phenoxy) is 1. The zero-order valence-electron chi connectivity index (χ0n) is 19.2. The maximum absolute atomic E-state index is 15.2. The highest BCUT2D eigenvalue weighted by Crippen LogP contribution is 2.36. The summed E-state index contributed by atoms with van der Waals surface area (Å²) in [6.45, 7) is 6.87. The van der Waals surface area contributed by atoms with Gasteiger partial charge >= 0.3 is 0 Å². The summed E-state index contributed by atoms with van der Waals surface area (Å²) in [4.78, 5) is 10.9. The van der Waals surface area contributed by atoms with Gasteiger partial charge in [-0.1, -0.05) is 13.8 Å². The minimum absolute atomic E-state index is 0.0511. The second-order valence-corrected chi connectivity index (χ2v) is 9.54. The number of piperidine rings is 1. The summed E-state index contributed by atoms with van der Waals surface area (Å²) in [7, 11) is 0. The van der Waals surface area contributed by atoms with Crippen molar-refractivity contribution < 1.29 is 9.13 Å². The van der Waals surface area contributed by atoms with Crippen LogP contribution in [0.3, 0.4) is 0 Å². The first kappa shape index (κ1) is 21.2. The highest BCUT2D eigenvalue weighted by molar-refractivity contribution is 5.86. The molecule has 2 aliphatic heterocycles. The number of hydrogen-bond acceptors (Lipinski definition) is 8. The van der Waals surface area contributed by atoms with E-state index in [9.17, 15) is 0 Å². The number of nitrogens with two attached hydrogens (primary N) is 1. The fourth-order valence-electron chi connectivity index (χ4n) is 5.11. The zero-order valence-corrected chi connectivity index (χ0v) is 19.2. The van der Waals surface area contributed by atoms with E-state index in [0.29, 0.717) is 49.4 Å². The number of nitrogens with one attached hydrogen (secondary N) is 1. The van der Waals surface area contributed by atoms with Crippen LogP contribution in [-0.4, -0.2) is 78.2 Å². The summed E-state index contributed by atoms with van der Waals surface area (Å²) >= 11 is 0. The quantitative estimate of drug-likeness (QED) is 0.462. The molecule has 34 heavy (non-hydrogen) atoms. The van der Waals surface area contributed by atoms with Crippen LogP contribution in [0.25, 0.3) is 22.4 Å². The lowest BCUT2D eigenvalue weighted by atomic mass is 9.81. The van der Waals surface area contributed by atoms with E-state index in [0.717, 1.165) is 23.4 Å². The van der Waals surface area contributed by atoms with Crippen molar-refractivity contribution >= 4 is 22.9 Å². The lowest BCUT2D eigenvalue weighted by molar-refractivity contribution is -0.173. The number of anilines is 2. The standard InChI is InChI=1S/C23H28FN9O/c1-14(2)23(12-34-13-23)31-8-6-18(16(24)11-31)27-22-28-21(25)20-15(5-9-33(20)30-22)17-3-4-19-26-7-10-32(19)29-17/h3-5,7,9-10,14,16,18H,6,8,11-13H2,1-2H3,(H3,25,27,28,30)/t16-,18+/m1/s1. The van der Waals surface area contributed by atoms with Gasteiger partial charge < -0.3 is 15.8 Å². The normalized spacial score (nSPS) is 22.9. The van der Waals surface area contributed by atoms with Crippen molar-refractivity contribution in [1.82, 2.24) is 34.1 Å². The van der Waals surface area contributed by atoms with Crippen LogP contribution in [0.5, 0.6) is 0 Å². The van der Waals surface area contributed by atoms with Crippen LogP contribution in [0.2, 0.25) is 0 Å². The molecule has 4 aromatic rings. The maximum atomic E-state index is 15.2. The Bertz CT molecular complexity index is 1340. The summed E-state index contributed by atoms with van der Waals surface area (Å²) < 4.78 is 24.1. The third-order valence-corrected chi connectivity index (χ3v) is 7.33. The molecule has 0 saturated carbocycles. The zero-order chi connectivity index (χ0) is 23.4. The predicted octanol–water partition coefficient (Wildman–Crippen LogP) is 2.27. The third-order valence-electron chi connectivity index (χ3n) is 7.33. The summed E-state index contributed by atoms with van der Waals surface area (Å²) in [5.41, 5.74) is 9.26. The van der Waals surface area contributed by atoms with Crippen molar-refractivity contribution in [3.63, 3.8) is 0 Å². The molecule has 0 unspecified atom stereocenters. The van der Waals surface area contributed by atoms with Gasteiger partial charge in [0.15, 0.2) is 11.5 Å². The number of hydrogen-bond donors (Lipinski definition) is 2. The summed E-state index contributed by atoms with van der Waals surface area (Å²) in [5, 5.41) is 12.3. The van der Waals surface area contributed by atoms with Crippen molar-refractivity contribution in [3.8, 4) is 11.3 Å². The van der Waals surface area contributed by atoms with Crippen molar-refractivity contribution in [2.45, 2.75) is 38.0 Å². The first-order chi connectivity index (χ1) is 16.4. The molecule has 2 saturated heterocycles. The van der Waals surface area contributed by atoms with Gasteiger partial charge in [-0.05, 0) is 30.5 Å². The smallest absolute Gasteiger partial charge is 0.243 e. The summed E-state index contributed by atoms with van der Waals surface area (Å²) in [6.07, 6.45) is 4.91. The molecule has 0 bridgehead atoms. The Balaban J connectivity index is 1.22. The lowest BCUT2D eigenvalue weighted by Gasteiger charge is -2.55. The van der Waals surface area contributed by atoms with Crippen LogP contribution in [0, 0.1) is 5.92 Å². The van der Waals surface area contributed by atoms with E-state index in [4.69, 9.17) is 10.5 Å². The average Bonchev–Trinajstić information content (AvgIpc) is 3.41. The van der Waals surface area contributed by atoms with Gasteiger partial charge in [0.2, 0.25) is 5.95 Å². The molecule has 0 aromatic carbocycles. The van der Waals surface area contributed by atoms with Gasteiger partial charge in [-0.2, -0.15) is 10.1 Å². The summed E-state index contributed by atoms with van der Waals surface area (Å²) in [6, 6.07) is 5.31. The number of fused-ring (bicyclic) bond motifs is 2. The van der Waals surface area contributed by atoms with Gasteiger partial charge in [-0.15, -0.1) is 5.10 Å². The lowest BCUT2D eigenvalue weighted by Crippen LogP contribution is -2.68. The minimum atomic E-state index is -1.04. The SMILES string of the molecule is CC(C)C1(N2CC[C@H](Nc3nc(N)c4c(-c5ccc6nccn6n5)ccn4n3)[C@H](F)C2)COC1. The molecule has 2 fully saturated rings. The van der Waals surface area contributed by atoms with E-state index in [1.807, 2.05) is 24.4 Å². The van der Waals surface area contributed by atoms with Gasteiger partial charge in [-0.25, -0.2) is 18.4 Å². The number of halogens is 1. The molecule has 6 rings (SSSR count). The number of alkyl halides is 1. The van der Waals surface area contributed by atoms with E-state index in [1.165, 1.54) is 0 Å². The first-order valence-electron chi connectivity index (χ1n) is 11.6.